The van der Waals surface area contributed by atoms with Gasteiger partial charge < -0.3 is 9.67 Å². The molecule has 1 aromatic heterocycles. The van der Waals surface area contributed by atoms with Crippen LogP contribution in [-0.4, -0.2) is 15.6 Å². The molecule has 0 atom stereocenters. The van der Waals surface area contributed by atoms with Gasteiger partial charge in [-0.3, -0.25) is 0 Å². The molecule has 0 unspecified atom stereocenters. The highest BCUT2D eigenvalue weighted by Crippen LogP contribution is 2.20. The van der Waals surface area contributed by atoms with Crippen molar-refractivity contribution in [1.82, 2.24) is 4.57 Å². The predicted octanol–water partition coefficient (Wildman–Crippen LogP) is 4.38. The van der Waals surface area contributed by atoms with Crippen LogP contribution in [0.5, 0.6) is 0 Å². The van der Waals surface area contributed by atoms with Crippen LogP contribution in [0, 0.1) is 0 Å². The molecule has 2 rings (SSSR count). The minimum absolute atomic E-state index is 0.308. The highest BCUT2D eigenvalue weighted by atomic mass is 16.4. The summed E-state index contributed by atoms with van der Waals surface area (Å²) in [6.07, 6.45) is 10.4. The first-order chi connectivity index (χ1) is 10.1. The normalized spacial score (nSPS) is 12.0. The third kappa shape index (κ3) is 3.96. The quantitative estimate of drug-likeness (QED) is 0.827. The summed E-state index contributed by atoms with van der Waals surface area (Å²) in [7, 11) is 0. The Bertz CT molecular complexity index is 675. The van der Waals surface area contributed by atoms with Gasteiger partial charge in [-0.15, -0.1) is 0 Å². The molecule has 0 saturated carbocycles. The van der Waals surface area contributed by atoms with Gasteiger partial charge in [0.1, 0.15) is 0 Å². The Morgan fingerprint density at radius 3 is 2.52 bits per heavy atom. The number of aromatic carboxylic acids is 1. The van der Waals surface area contributed by atoms with E-state index in [1.54, 1.807) is 12.1 Å². The molecule has 0 radical (unpaired) electrons. The number of hydrogen-bond donors (Lipinski definition) is 1. The van der Waals surface area contributed by atoms with E-state index in [4.69, 9.17) is 5.11 Å². The first-order valence-corrected chi connectivity index (χ1v) is 6.89. The van der Waals surface area contributed by atoms with Crippen molar-refractivity contribution in [2.75, 3.05) is 0 Å². The topological polar surface area (TPSA) is 42.2 Å². The van der Waals surface area contributed by atoms with Crippen molar-refractivity contribution in [1.29, 1.82) is 0 Å². The monoisotopic (exact) mass is 281 g/mol. The highest BCUT2D eigenvalue weighted by Gasteiger charge is 2.04. The van der Waals surface area contributed by atoms with Crippen LogP contribution in [0.15, 0.2) is 66.5 Å². The molecule has 21 heavy (non-hydrogen) atoms. The molecule has 3 nitrogen and oxygen atoms in total. The van der Waals surface area contributed by atoms with Crippen molar-refractivity contribution in [3.63, 3.8) is 0 Å². The van der Waals surface area contributed by atoms with Crippen LogP contribution in [0.3, 0.4) is 0 Å². The lowest BCUT2D eigenvalue weighted by atomic mass is 10.1. The Balaban J connectivity index is 2.09. The Hall–Kier alpha value is -2.55. The van der Waals surface area contributed by atoms with Gasteiger partial charge in [0.2, 0.25) is 0 Å². The maximum Gasteiger partial charge on any atom is 0.335 e. The summed E-state index contributed by atoms with van der Waals surface area (Å²) in [4.78, 5) is 10.8. The lowest BCUT2D eigenvalue weighted by Gasteiger charge is -2.00. The maximum absolute atomic E-state index is 10.8. The summed E-state index contributed by atoms with van der Waals surface area (Å²) in [5.74, 6) is -0.899. The van der Waals surface area contributed by atoms with Crippen molar-refractivity contribution in [2.45, 2.75) is 20.4 Å². The van der Waals surface area contributed by atoms with E-state index in [-0.39, 0.29) is 0 Å². The molecule has 0 aliphatic heterocycles. The number of rotatable bonds is 5. The van der Waals surface area contributed by atoms with Gasteiger partial charge in [-0.05, 0) is 43.2 Å². The van der Waals surface area contributed by atoms with Crippen molar-refractivity contribution in [3.8, 4) is 11.1 Å². The van der Waals surface area contributed by atoms with Crippen molar-refractivity contribution in [2.24, 2.45) is 0 Å². The Labute approximate surface area is 124 Å². The van der Waals surface area contributed by atoms with Crippen LogP contribution in [0.25, 0.3) is 11.1 Å². The predicted molar refractivity (Wildman–Crippen MR) is 85.4 cm³/mol. The SMILES string of the molecule is C/C=C(C)\C=C/Cn1ccc(-c2ccc(C(=O)O)cc2)c1. The van der Waals surface area contributed by atoms with Crippen LogP contribution in [-0.2, 0) is 6.54 Å². The molecule has 1 N–H and O–H groups in total. The first kappa shape index (κ1) is 14.9. The minimum Gasteiger partial charge on any atom is -0.478 e. The van der Waals surface area contributed by atoms with E-state index in [2.05, 4.69) is 35.9 Å². The van der Waals surface area contributed by atoms with Crippen LogP contribution in [0.4, 0.5) is 0 Å². The summed E-state index contributed by atoms with van der Waals surface area (Å²) < 4.78 is 2.10. The fourth-order valence-electron chi connectivity index (χ4n) is 1.99. The van der Waals surface area contributed by atoms with Crippen LogP contribution in [0.2, 0.25) is 0 Å². The van der Waals surface area contributed by atoms with E-state index >= 15 is 0 Å². The van der Waals surface area contributed by atoms with Gasteiger partial charge in [-0.25, -0.2) is 4.79 Å². The maximum atomic E-state index is 10.8. The molecule has 0 spiro atoms. The number of hydrogen-bond acceptors (Lipinski definition) is 1. The van der Waals surface area contributed by atoms with Gasteiger partial charge in [0.25, 0.3) is 0 Å². The van der Waals surface area contributed by atoms with Gasteiger partial charge in [0.15, 0.2) is 0 Å². The first-order valence-electron chi connectivity index (χ1n) is 6.89. The number of allylic oxidation sites excluding steroid dienone is 4. The van der Waals surface area contributed by atoms with E-state index in [1.165, 1.54) is 5.57 Å². The molecule has 0 aliphatic rings. The minimum atomic E-state index is -0.899. The molecule has 0 amide bonds. The van der Waals surface area contributed by atoms with Gasteiger partial charge in [0, 0.05) is 18.9 Å². The fourth-order valence-corrected chi connectivity index (χ4v) is 1.99. The standard InChI is InChI=1S/C18H19NO2/c1-3-14(2)5-4-11-19-12-10-17(13-19)15-6-8-16(9-7-15)18(20)21/h3-10,12-13H,11H2,1-2H3,(H,20,21)/b5-4-,14-3-. The van der Waals surface area contributed by atoms with Crippen LogP contribution < -0.4 is 0 Å². The third-order valence-electron chi connectivity index (χ3n) is 3.37. The van der Waals surface area contributed by atoms with Crippen LogP contribution >= 0.6 is 0 Å². The Kier molecular flexibility index (Phi) is 4.77. The average molecular weight is 281 g/mol. The second-order valence-corrected chi connectivity index (χ2v) is 4.91. The summed E-state index contributed by atoms with van der Waals surface area (Å²) in [6.45, 7) is 4.91. The van der Waals surface area contributed by atoms with Gasteiger partial charge in [0.05, 0.1) is 5.56 Å². The number of aromatic nitrogens is 1. The number of carboxylic acid groups (broad SMARTS) is 1. The molecule has 0 fully saturated rings. The Morgan fingerprint density at radius 1 is 1.19 bits per heavy atom. The highest BCUT2D eigenvalue weighted by molar-refractivity contribution is 5.88. The van der Waals surface area contributed by atoms with Gasteiger partial charge in [-0.1, -0.05) is 35.9 Å². The number of carboxylic acids is 1. The summed E-state index contributed by atoms with van der Waals surface area (Å²) >= 11 is 0. The zero-order valence-electron chi connectivity index (χ0n) is 12.3. The zero-order valence-corrected chi connectivity index (χ0v) is 12.3. The number of carbonyl (C=O) groups is 1. The molecule has 3 heteroatoms. The van der Waals surface area contributed by atoms with Crippen molar-refractivity contribution >= 4 is 5.97 Å². The zero-order chi connectivity index (χ0) is 15.2. The molecule has 2 aromatic rings. The van der Waals surface area contributed by atoms with E-state index in [0.717, 1.165) is 17.7 Å². The van der Waals surface area contributed by atoms with Crippen molar-refractivity contribution < 1.29 is 9.90 Å². The third-order valence-corrected chi connectivity index (χ3v) is 3.37. The summed E-state index contributed by atoms with van der Waals surface area (Å²) in [5, 5.41) is 8.90. The molecular formula is C18H19NO2. The van der Waals surface area contributed by atoms with Crippen LogP contribution in [0.1, 0.15) is 24.2 Å². The van der Waals surface area contributed by atoms with E-state index in [0.29, 0.717) is 5.56 Å². The van der Waals surface area contributed by atoms with Gasteiger partial charge >= 0.3 is 5.97 Å². The number of nitrogens with zero attached hydrogens (tertiary/aromatic N) is 1. The van der Waals surface area contributed by atoms with Gasteiger partial charge in [-0.2, -0.15) is 0 Å². The lowest BCUT2D eigenvalue weighted by Crippen LogP contribution is -1.94. The molecule has 0 bridgehead atoms. The largest absolute Gasteiger partial charge is 0.478 e. The van der Waals surface area contributed by atoms with Crippen molar-refractivity contribution in [3.05, 3.63) is 72.1 Å². The summed E-state index contributed by atoms with van der Waals surface area (Å²) in [6, 6.07) is 8.96. The van der Waals surface area contributed by atoms with E-state index < -0.39 is 5.97 Å². The smallest absolute Gasteiger partial charge is 0.335 e. The molecule has 1 heterocycles. The Morgan fingerprint density at radius 2 is 1.90 bits per heavy atom. The second-order valence-electron chi connectivity index (χ2n) is 4.91. The molecular weight excluding hydrogens is 262 g/mol. The second kappa shape index (κ2) is 6.75. The summed E-state index contributed by atoms with van der Waals surface area (Å²) in [5.41, 5.74) is 3.66. The van der Waals surface area contributed by atoms with E-state index in [9.17, 15) is 4.79 Å². The molecule has 108 valence electrons. The van der Waals surface area contributed by atoms with E-state index in [1.807, 2.05) is 31.3 Å². The number of benzene rings is 1. The lowest BCUT2D eigenvalue weighted by molar-refractivity contribution is 0.0697. The molecule has 0 aliphatic carbocycles. The molecule has 1 aromatic carbocycles. The average Bonchev–Trinajstić information content (AvgIpc) is 2.96. The molecule has 0 saturated heterocycles. The fraction of sp³-hybridized carbons (Fsp3) is 0.167.